The van der Waals surface area contributed by atoms with E-state index in [1.54, 1.807) is 7.11 Å². The van der Waals surface area contributed by atoms with E-state index in [0.717, 1.165) is 31.1 Å². The van der Waals surface area contributed by atoms with Crippen molar-refractivity contribution in [2.75, 3.05) is 20.2 Å². The van der Waals surface area contributed by atoms with Crippen LogP contribution in [-0.4, -0.2) is 36.2 Å². The van der Waals surface area contributed by atoms with Crippen molar-refractivity contribution >= 4 is 0 Å². The summed E-state index contributed by atoms with van der Waals surface area (Å²) < 4.78 is 42.2. The van der Waals surface area contributed by atoms with Crippen molar-refractivity contribution in [3.05, 3.63) is 29.6 Å². The largest absolute Gasteiger partial charge is 0.433 e. The van der Waals surface area contributed by atoms with Crippen LogP contribution in [0.5, 0.6) is 0 Å². The Bertz CT molecular complexity index is 391. The molecule has 0 aliphatic carbocycles. The summed E-state index contributed by atoms with van der Waals surface area (Å²) in [4.78, 5) is 5.60. The Morgan fingerprint density at radius 1 is 1.44 bits per heavy atom. The zero-order chi connectivity index (χ0) is 13.2. The van der Waals surface area contributed by atoms with Crippen LogP contribution in [0.2, 0.25) is 0 Å². The molecule has 0 saturated carbocycles. The Morgan fingerprint density at radius 3 is 2.72 bits per heavy atom. The summed E-state index contributed by atoms with van der Waals surface area (Å²) in [7, 11) is 1.67. The lowest BCUT2D eigenvalue weighted by atomic mass is 10.2. The van der Waals surface area contributed by atoms with Gasteiger partial charge in [0.2, 0.25) is 0 Å². The molecular formula is C12H15F3N2O. The molecule has 2 rings (SSSR count). The third-order valence-electron chi connectivity index (χ3n) is 3.08. The molecule has 0 bridgehead atoms. The molecule has 0 radical (unpaired) electrons. The second-order valence-electron chi connectivity index (χ2n) is 4.43. The van der Waals surface area contributed by atoms with Gasteiger partial charge in [-0.2, -0.15) is 13.2 Å². The molecule has 1 aliphatic heterocycles. The van der Waals surface area contributed by atoms with Crippen molar-refractivity contribution in [1.29, 1.82) is 0 Å². The van der Waals surface area contributed by atoms with Gasteiger partial charge in [0, 0.05) is 32.9 Å². The lowest BCUT2D eigenvalue weighted by molar-refractivity contribution is -0.141. The summed E-state index contributed by atoms with van der Waals surface area (Å²) in [5.74, 6) is 0. The predicted octanol–water partition coefficient (Wildman–Crippen LogP) is 2.32. The Labute approximate surface area is 104 Å². The Kier molecular flexibility index (Phi) is 3.87. The van der Waals surface area contributed by atoms with Crippen LogP contribution in [0.25, 0.3) is 0 Å². The first-order valence-corrected chi connectivity index (χ1v) is 5.76. The van der Waals surface area contributed by atoms with Crippen LogP contribution in [0.4, 0.5) is 13.2 Å². The van der Waals surface area contributed by atoms with E-state index in [1.807, 2.05) is 0 Å². The van der Waals surface area contributed by atoms with Crippen LogP contribution in [0.3, 0.4) is 0 Å². The lowest BCUT2D eigenvalue weighted by Crippen LogP contribution is -2.22. The zero-order valence-electron chi connectivity index (χ0n) is 10.1. The smallest absolute Gasteiger partial charge is 0.380 e. The lowest BCUT2D eigenvalue weighted by Gasteiger charge is -2.15. The van der Waals surface area contributed by atoms with Gasteiger partial charge in [-0.1, -0.05) is 6.07 Å². The SMILES string of the molecule is CO[C@H]1CCN(Cc2ccc(C(F)(F)F)nc2)C1. The number of nitrogens with zero attached hydrogens (tertiary/aromatic N) is 2. The number of aromatic nitrogens is 1. The fourth-order valence-corrected chi connectivity index (χ4v) is 2.08. The van der Waals surface area contributed by atoms with Gasteiger partial charge in [0.15, 0.2) is 0 Å². The molecule has 1 aromatic heterocycles. The maximum Gasteiger partial charge on any atom is 0.433 e. The number of ether oxygens (including phenoxy) is 1. The highest BCUT2D eigenvalue weighted by molar-refractivity contribution is 5.16. The number of rotatable bonds is 3. The van der Waals surface area contributed by atoms with Gasteiger partial charge < -0.3 is 4.74 Å². The van der Waals surface area contributed by atoms with E-state index in [0.29, 0.717) is 6.54 Å². The normalized spacial score (nSPS) is 21.4. The fourth-order valence-electron chi connectivity index (χ4n) is 2.08. The van der Waals surface area contributed by atoms with Crippen molar-refractivity contribution in [2.24, 2.45) is 0 Å². The molecule has 1 atom stereocenters. The van der Waals surface area contributed by atoms with Crippen molar-refractivity contribution in [3.63, 3.8) is 0 Å². The number of methoxy groups -OCH3 is 1. The minimum Gasteiger partial charge on any atom is -0.380 e. The number of alkyl halides is 3. The van der Waals surface area contributed by atoms with Crippen molar-refractivity contribution in [2.45, 2.75) is 25.2 Å². The first-order valence-electron chi connectivity index (χ1n) is 5.76. The fraction of sp³-hybridized carbons (Fsp3) is 0.583. The molecule has 1 aromatic rings. The quantitative estimate of drug-likeness (QED) is 0.834. The Morgan fingerprint density at radius 2 is 2.22 bits per heavy atom. The average Bonchev–Trinajstić information content (AvgIpc) is 2.76. The number of halogens is 3. The molecule has 0 N–H and O–H groups in total. The minimum atomic E-state index is -4.37. The molecule has 1 aliphatic rings. The van der Waals surface area contributed by atoms with Gasteiger partial charge in [0.05, 0.1) is 6.10 Å². The van der Waals surface area contributed by atoms with E-state index >= 15 is 0 Å². The summed E-state index contributed by atoms with van der Waals surface area (Å²) in [6.07, 6.45) is -1.88. The molecule has 1 saturated heterocycles. The molecule has 3 nitrogen and oxygen atoms in total. The summed E-state index contributed by atoms with van der Waals surface area (Å²) in [5, 5.41) is 0. The van der Waals surface area contributed by atoms with Crippen LogP contribution in [-0.2, 0) is 17.5 Å². The number of hydrogen-bond acceptors (Lipinski definition) is 3. The van der Waals surface area contributed by atoms with Gasteiger partial charge in [0.25, 0.3) is 0 Å². The van der Waals surface area contributed by atoms with Crippen molar-refractivity contribution in [1.82, 2.24) is 9.88 Å². The van der Waals surface area contributed by atoms with Gasteiger partial charge in [-0.05, 0) is 18.1 Å². The average molecular weight is 260 g/mol. The molecule has 2 heterocycles. The summed E-state index contributed by atoms with van der Waals surface area (Å²) in [6.45, 7) is 2.34. The van der Waals surface area contributed by atoms with Crippen LogP contribution in [0.15, 0.2) is 18.3 Å². The second-order valence-corrected chi connectivity index (χ2v) is 4.43. The molecule has 100 valence electrons. The van der Waals surface area contributed by atoms with Crippen LogP contribution < -0.4 is 0 Å². The number of likely N-dealkylation sites (tertiary alicyclic amines) is 1. The maximum absolute atomic E-state index is 12.3. The Hall–Kier alpha value is -1.14. The molecule has 0 amide bonds. The number of pyridine rings is 1. The summed E-state index contributed by atoms with van der Waals surface area (Å²) in [5.41, 5.74) is -0.0535. The van der Waals surface area contributed by atoms with Crippen LogP contribution in [0.1, 0.15) is 17.7 Å². The van der Waals surface area contributed by atoms with Gasteiger partial charge in [0.1, 0.15) is 5.69 Å². The monoisotopic (exact) mass is 260 g/mol. The Balaban J connectivity index is 1.95. The molecular weight excluding hydrogens is 245 g/mol. The van der Waals surface area contributed by atoms with Crippen molar-refractivity contribution < 1.29 is 17.9 Å². The van der Waals surface area contributed by atoms with E-state index < -0.39 is 11.9 Å². The molecule has 0 unspecified atom stereocenters. The molecule has 6 heteroatoms. The van der Waals surface area contributed by atoms with Gasteiger partial charge in [-0.25, -0.2) is 0 Å². The van der Waals surface area contributed by atoms with E-state index in [1.165, 1.54) is 12.3 Å². The highest BCUT2D eigenvalue weighted by Crippen LogP contribution is 2.27. The topological polar surface area (TPSA) is 25.4 Å². The maximum atomic E-state index is 12.3. The summed E-state index contributed by atoms with van der Waals surface area (Å²) >= 11 is 0. The first-order chi connectivity index (χ1) is 8.49. The standard InChI is InChI=1S/C12H15F3N2O/c1-18-10-4-5-17(8-10)7-9-2-3-11(16-6-9)12(13,14)15/h2-3,6,10H,4-5,7-8H2,1H3/t10-/m0/s1. The zero-order valence-corrected chi connectivity index (χ0v) is 10.1. The molecule has 1 fully saturated rings. The van der Waals surface area contributed by atoms with Gasteiger partial charge >= 0.3 is 6.18 Å². The number of hydrogen-bond donors (Lipinski definition) is 0. The molecule has 0 spiro atoms. The van der Waals surface area contributed by atoms with E-state index in [4.69, 9.17) is 4.74 Å². The van der Waals surface area contributed by atoms with E-state index in [9.17, 15) is 13.2 Å². The molecule has 18 heavy (non-hydrogen) atoms. The van der Waals surface area contributed by atoms with Crippen molar-refractivity contribution in [3.8, 4) is 0 Å². The second kappa shape index (κ2) is 5.24. The van der Waals surface area contributed by atoms with E-state index in [2.05, 4.69) is 9.88 Å². The predicted molar refractivity (Wildman–Crippen MR) is 59.9 cm³/mol. The van der Waals surface area contributed by atoms with Gasteiger partial charge in [-0.15, -0.1) is 0 Å². The molecule has 0 aromatic carbocycles. The van der Waals surface area contributed by atoms with Gasteiger partial charge in [-0.3, -0.25) is 9.88 Å². The summed E-state index contributed by atoms with van der Waals surface area (Å²) in [6, 6.07) is 2.51. The third kappa shape index (κ3) is 3.20. The minimum absolute atomic E-state index is 0.229. The first kappa shape index (κ1) is 13.3. The van der Waals surface area contributed by atoms with Crippen LogP contribution >= 0.6 is 0 Å². The highest BCUT2D eigenvalue weighted by Gasteiger charge is 2.32. The van der Waals surface area contributed by atoms with Crippen LogP contribution in [0, 0.1) is 0 Å². The third-order valence-corrected chi connectivity index (χ3v) is 3.08. The highest BCUT2D eigenvalue weighted by atomic mass is 19.4. The van der Waals surface area contributed by atoms with E-state index in [-0.39, 0.29) is 6.10 Å².